The normalized spacial score (nSPS) is 10.4. The van der Waals surface area contributed by atoms with Crippen molar-refractivity contribution in [1.82, 2.24) is 10.6 Å². The lowest BCUT2D eigenvalue weighted by molar-refractivity contribution is 0.129. The Balaban J connectivity index is 3.13. The SMILES string of the molecule is CCCCOCCCNC(=S)NC(C)C. The van der Waals surface area contributed by atoms with E-state index < -0.39 is 0 Å². The summed E-state index contributed by atoms with van der Waals surface area (Å²) in [4.78, 5) is 0. The van der Waals surface area contributed by atoms with Crippen molar-refractivity contribution in [2.45, 2.75) is 46.1 Å². The van der Waals surface area contributed by atoms with Gasteiger partial charge in [0, 0.05) is 25.8 Å². The number of rotatable bonds is 8. The number of ether oxygens (including phenoxy) is 1. The van der Waals surface area contributed by atoms with Crippen LogP contribution in [0.4, 0.5) is 0 Å². The topological polar surface area (TPSA) is 33.3 Å². The third kappa shape index (κ3) is 11.6. The van der Waals surface area contributed by atoms with E-state index in [0.29, 0.717) is 6.04 Å². The quantitative estimate of drug-likeness (QED) is 0.496. The van der Waals surface area contributed by atoms with E-state index in [-0.39, 0.29) is 0 Å². The average Bonchev–Trinajstić information content (AvgIpc) is 2.15. The molecule has 0 saturated heterocycles. The minimum atomic E-state index is 0.394. The van der Waals surface area contributed by atoms with E-state index in [1.54, 1.807) is 0 Å². The van der Waals surface area contributed by atoms with E-state index in [2.05, 4.69) is 31.4 Å². The summed E-state index contributed by atoms with van der Waals surface area (Å²) in [5.41, 5.74) is 0. The Morgan fingerprint density at radius 2 is 1.93 bits per heavy atom. The molecule has 0 aromatic heterocycles. The monoisotopic (exact) mass is 232 g/mol. The maximum absolute atomic E-state index is 5.43. The van der Waals surface area contributed by atoms with E-state index in [9.17, 15) is 0 Å². The molecule has 0 amide bonds. The van der Waals surface area contributed by atoms with Crippen LogP contribution in [0.2, 0.25) is 0 Å². The largest absolute Gasteiger partial charge is 0.381 e. The Morgan fingerprint density at radius 3 is 2.53 bits per heavy atom. The molecular formula is C11H24N2OS. The van der Waals surface area contributed by atoms with Crippen LogP contribution in [0.3, 0.4) is 0 Å². The van der Waals surface area contributed by atoms with E-state index in [0.717, 1.165) is 37.7 Å². The van der Waals surface area contributed by atoms with Gasteiger partial charge in [-0.2, -0.15) is 0 Å². The second-order valence-electron chi connectivity index (χ2n) is 3.87. The molecule has 3 nitrogen and oxygen atoms in total. The molecule has 0 radical (unpaired) electrons. The molecule has 90 valence electrons. The number of thiocarbonyl (C=S) groups is 1. The van der Waals surface area contributed by atoms with Gasteiger partial charge in [0.15, 0.2) is 5.11 Å². The third-order valence-electron chi connectivity index (χ3n) is 1.81. The van der Waals surface area contributed by atoms with Gasteiger partial charge in [-0.3, -0.25) is 0 Å². The fourth-order valence-electron chi connectivity index (χ4n) is 1.04. The van der Waals surface area contributed by atoms with Gasteiger partial charge in [0.05, 0.1) is 0 Å². The lowest BCUT2D eigenvalue weighted by Gasteiger charge is -2.12. The zero-order chi connectivity index (χ0) is 11.5. The standard InChI is InChI=1S/C11H24N2OS/c1-4-5-8-14-9-6-7-12-11(15)13-10(2)3/h10H,4-9H2,1-3H3,(H2,12,13,15). The highest BCUT2D eigenvalue weighted by atomic mass is 32.1. The zero-order valence-electron chi connectivity index (χ0n) is 10.1. The number of hydrogen-bond acceptors (Lipinski definition) is 2. The first kappa shape index (κ1) is 14.6. The van der Waals surface area contributed by atoms with Gasteiger partial charge in [-0.15, -0.1) is 0 Å². The molecule has 0 aliphatic rings. The van der Waals surface area contributed by atoms with Crippen LogP contribution in [0.5, 0.6) is 0 Å². The zero-order valence-corrected chi connectivity index (χ0v) is 11.0. The predicted octanol–water partition coefficient (Wildman–Crippen LogP) is 2.07. The van der Waals surface area contributed by atoms with Crippen molar-refractivity contribution in [2.24, 2.45) is 0 Å². The molecule has 2 N–H and O–H groups in total. The fourth-order valence-corrected chi connectivity index (χ4v) is 1.38. The van der Waals surface area contributed by atoms with Crippen molar-refractivity contribution in [2.75, 3.05) is 19.8 Å². The van der Waals surface area contributed by atoms with Crippen molar-refractivity contribution >= 4 is 17.3 Å². The molecule has 0 aliphatic carbocycles. The summed E-state index contributed by atoms with van der Waals surface area (Å²) in [6.45, 7) is 8.89. The van der Waals surface area contributed by atoms with Crippen molar-refractivity contribution in [3.63, 3.8) is 0 Å². The van der Waals surface area contributed by atoms with Crippen LogP contribution in [-0.4, -0.2) is 30.9 Å². The lowest BCUT2D eigenvalue weighted by Crippen LogP contribution is -2.39. The maximum atomic E-state index is 5.43. The molecule has 0 fully saturated rings. The molecule has 0 aromatic rings. The number of unbranched alkanes of at least 4 members (excludes halogenated alkanes) is 1. The molecule has 0 aromatic carbocycles. The molecule has 0 heterocycles. The van der Waals surface area contributed by atoms with Gasteiger partial charge in [-0.1, -0.05) is 13.3 Å². The van der Waals surface area contributed by atoms with Gasteiger partial charge in [0.1, 0.15) is 0 Å². The molecule has 0 spiro atoms. The first-order valence-corrected chi connectivity index (χ1v) is 6.19. The van der Waals surface area contributed by atoms with Crippen molar-refractivity contribution < 1.29 is 4.74 Å². The van der Waals surface area contributed by atoms with Gasteiger partial charge in [0.25, 0.3) is 0 Å². The summed E-state index contributed by atoms with van der Waals surface area (Å²) in [7, 11) is 0. The summed E-state index contributed by atoms with van der Waals surface area (Å²) in [6.07, 6.45) is 3.35. The second-order valence-corrected chi connectivity index (χ2v) is 4.28. The average molecular weight is 232 g/mol. The van der Waals surface area contributed by atoms with Crippen LogP contribution in [0.25, 0.3) is 0 Å². The van der Waals surface area contributed by atoms with E-state index >= 15 is 0 Å². The van der Waals surface area contributed by atoms with E-state index in [1.165, 1.54) is 6.42 Å². The summed E-state index contributed by atoms with van der Waals surface area (Å²) in [6, 6.07) is 0.394. The first-order chi connectivity index (χ1) is 7.16. The molecule has 4 heteroatoms. The van der Waals surface area contributed by atoms with Crippen molar-refractivity contribution in [1.29, 1.82) is 0 Å². The Kier molecular flexibility index (Phi) is 9.94. The van der Waals surface area contributed by atoms with Crippen LogP contribution >= 0.6 is 12.2 Å². The van der Waals surface area contributed by atoms with Crippen LogP contribution in [0, 0.1) is 0 Å². The van der Waals surface area contributed by atoms with Gasteiger partial charge in [-0.05, 0) is 38.9 Å². The van der Waals surface area contributed by atoms with Crippen LogP contribution < -0.4 is 10.6 Å². The molecule has 15 heavy (non-hydrogen) atoms. The number of hydrogen-bond donors (Lipinski definition) is 2. The van der Waals surface area contributed by atoms with Gasteiger partial charge >= 0.3 is 0 Å². The minimum absolute atomic E-state index is 0.394. The van der Waals surface area contributed by atoms with E-state index in [1.807, 2.05) is 0 Å². The molecule has 0 aliphatic heterocycles. The van der Waals surface area contributed by atoms with Gasteiger partial charge < -0.3 is 15.4 Å². The highest BCUT2D eigenvalue weighted by Gasteiger charge is 1.96. The smallest absolute Gasteiger partial charge is 0.166 e. The number of nitrogens with one attached hydrogen (secondary N) is 2. The molecule has 0 saturated carbocycles. The molecule has 0 bridgehead atoms. The Morgan fingerprint density at radius 1 is 1.27 bits per heavy atom. The summed E-state index contributed by atoms with van der Waals surface area (Å²) >= 11 is 5.09. The highest BCUT2D eigenvalue weighted by Crippen LogP contribution is 1.89. The second kappa shape index (κ2) is 10.2. The third-order valence-corrected chi connectivity index (χ3v) is 2.08. The fraction of sp³-hybridized carbons (Fsp3) is 0.909. The molecule has 0 unspecified atom stereocenters. The summed E-state index contributed by atoms with van der Waals surface area (Å²) in [5, 5.41) is 7.01. The Bertz CT molecular complexity index is 163. The Labute approximate surface area is 99.0 Å². The van der Waals surface area contributed by atoms with Gasteiger partial charge in [-0.25, -0.2) is 0 Å². The molecule has 0 atom stereocenters. The van der Waals surface area contributed by atoms with Crippen LogP contribution in [-0.2, 0) is 4.74 Å². The molecular weight excluding hydrogens is 208 g/mol. The van der Waals surface area contributed by atoms with Crippen LogP contribution in [0.1, 0.15) is 40.0 Å². The minimum Gasteiger partial charge on any atom is -0.381 e. The van der Waals surface area contributed by atoms with Crippen molar-refractivity contribution in [3.05, 3.63) is 0 Å². The lowest BCUT2D eigenvalue weighted by atomic mass is 10.4. The first-order valence-electron chi connectivity index (χ1n) is 5.79. The van der Waals surface area contributed by atoms with Crippen LogP contribution in [0.15, 0.2) is 0 Å². The predicted molar refractivity (Wildman–Crippen MR) is 69.2 cm³/mol. The van der Waals surface area contributed by atoms with Crippen molar-refractivity contribution in [3.8, 4) is 0 Å². The Hall–Kier alpha value is -0.350. The molecule has 0 rings (SSSR count). The maximum Gasteiger partial charge on any atom is 0.166 e. The summed E-state index contributed by atoms with van der Waals surface area (Å²) in [5.74, 6) is 0. The van der Waals surface area contributed by atoms with Gasteiger partial charge in [0.2, 0.25) is 0 Å². The highest BCUT2D eigenvalue weighted by molar-refractivity contribution is 7.80. The van der Waals surface area contributed by atoms with E-state index in [4.69, 9.17) is 17.0 Å². The summed E-state index contributed by atoms with van der Waals surface area (Å²) < 4.78 is 5.43.